The quantitative estimate of drug-likeness (QED) is 0.595. The van der Waals surface area contributed by atoms with E-state index < -0.39 is 11.7 Å². The normalized spacial score (nSPS) is 13.5. The van der Waals surface area contributed by atoms with Crippen molar-refractivity contribution in [3.63, 3.8) is 0 Å². The maximum atomic E-state index is 13.6. The molecule has 0 saturated carbocycles. The Kier molecular flexibility index (Phi) is 6.13. The third kappa shape index (κ3) is 4.23. The van der Waals surface area contributed by atoms with Crippen molar-refractivity contribution in [3.8, 4) is 0 Å². The highest BCUT2D eigenvalue weighted by atomic mass is 32.1. The standard InChI is InChI=1S/C22H23FN4O3S/c1-13-17-21(26-16-9-3-2-6-12-27(16)22(17)30)31-18(13)20(29)25-11-10-24-19(28)14-7-4-5-8-15(14)23/h4-5,7-8H,2-3,6,9-12H2,1H3,(H,24,28)(H,25,29). The lowest BCUT2D eigenvalue weighted by molar-refractivity contribution is 0.0927. The lowest BCUT2D eigenvalue weighted by Gasteiger charge is -2.08. The van der Waals surface area contributed by atoms with Gasteiger partial charge in [0.15, 0.2) is 0 Å². The van der Waals surface area contributed by atoms with Gasteiger partial charge >= 0.3 is 0 Å². The number of aromatic nitrogens is 2. The van der Waals surface area contributed by atoms with Crippen LogP contribution in [0.15, 0.2) is 29.1 Å². The number of hydrogen-bond donors (Lipinski definition) is 2. The molecule has 1 aromatic carbocycles. The van der Waals surface area contributed by atoms with Gasteiger partial charge in [-0.1, -0.05) is 18.6 Å². The van der Waals surface area contributed by atoms with E-state index in [-0.39, 0.29) is 30.1 Å². The topological polar surface area (TPSA) is 93.1 Å². The lowest BCUT2D eigenvalue weighted by Crippen LogP contribution is -2.35. The van der Waals surface area contributed by atoms with Crippen molar-refractivity contribution in [2.75, 3.05) is 13.1 Å². The number of thiophene rings is 1. The van der Waals surface area contributed by atoms with E-state index in [9.17, 15) is 18.8 Å². The molecule has 162 valence electrons. The lowest BCUT2D eigenvalue weighted by atomic mass is 10.2. The van der Waals surface area contributed by atoms with Gasteiger partial charge < -0.3 is 10.6 Å². The van der Waals surface area contributed by atoms with Crippen molar-refractivity contribution in [2.45, 2.75) is 39.2 Å². The van der Waals surface area contributed by atoms with Gasteiger partial charge in [0.2, 0.25) is 0 Å². The van der Waals surface area contributed by atoms with E-state index in [1.165, 1.54) is 29.5 Å². The molecule has 0 spiro atoms. The van der Waals surface area contributed by atoms with Gasteiger partial charge in [0.05, 0.1) is 15.8 Å². The SMILES string of the molecule is Cc1c(C(=O)NCCNC(=O)c2ccccc2F)sc2nc3n(c(=O)c12)CCCCC3. The molecule has 0 atom stereocenters. The number of carbonyl (C=O) groups is 2. The smallest absolute Gasteiger partial charge is 0.262 e. The first-order valence-electron chi connectivity index (χ1n) is 10.3. The van der Waals surface area contributed by atoms with E-state index in [1.807, 2.05) is 0 Å². The van der Waals surface area contributed by atoms with Gasteiger partial charge in [-0.25, -0.2) is 9.37 Å². The van der Waals surface area contributed by atoms with Crippen molar-refractivity contribution < 1.29 is 14.0 Å². The molecule has 1 aliphatic heterocycles. The molecular weight excluding hydrogens is 419 g/mol. The van der Waals surface area contributed by atoms with Gasteiger partial charge in [0.25, 0.3) is 17.4 Å². The molecule has 0 unspecified atom stereocenters. The number of fused-ring (bicyclic) bond motifs is 2. The predicted molar refractivity (Wildman–Crippen MR) is 117 cm³/mol. The van der Waals surface area contributed by atoms with Crippen LogP contribution in [0.3, 0.4) is 0 Å². The highest BCUT2D eigenvalue weighted by molar-refractivity contribution is 7.20. The second-order valence-electron chi connectivity index (χ2n) is 7.52. The summed E-state index contributed by atoms with van der Waals surface area (Å²) in [6.07, 6.45) is 3.81. The summed E-state index contributed by atoms with van der Waals surface area (Å²) in [4.78, 5) is 43.4. The van der Waals surface area contributed by atoms with Gasteiger partial charge in [0, 0.05) is 26.1 Å². The first-order chi connectivity index (χ1) is 15.0. The molecule has 3 heterocycles. The van der Waals surface area contributed by atoms with E-state index in [2.05, 4.69) is 15.6 Å². The van der Waals surface area contributed by atoms with Crippen molar-refractivity contribution in [2.24, 2.45) is 0 Å². The first kappa shape index (κ1) is 21.2. The van der Waals surface area contributed by atoms with Crippen LogP contribution in [0, 0.1) is 12.7 Å². The van der Waals surface area contributed by atoms with E-state index >= 15 is 0 Å². The fraction of sp³-hybridized carbons (Fsp3) is 0.364. The zero-order chi connectivity index (χ0) is 22.0. The molecule has 0 saturated heterocycles. The molecule has 7 nitrogen and oxygen atoms in total. The Morgan fingerprint density at radius 3 is 2.65 bits per heavy atom. The summed E-state index contributed by atoms with van der Waals surface area (Å²) < 4.78 is 15.4. The zero-order valence-corrected chi connectivity index (χ0v) is 18.0. The van der Waals surface area contributed by atoms with Crippen molar-refractivity contribution in [1.82, 2.24) is 20.2 Å². The maximum absolute atomic E-state index is 13.6. The third-order valence-electron chi connectivity index (χ3n) is 5.43. The number of nitrogens with one attached hydrogen (secondary N) is 2. The number of rotatable bonds is 5. The second kappa shape index (κ2) is 8.97. The van der Waals surface area contributed by atoms with Gasteiger partial charge in [-0.3, -0.25) is 19.0 Å². The summed E-state index contributed by atoms with van der Waals surface area (Å²) in [7, 11) is 0. The Bertz CT molecular complexity index is 1220. The molecule has 3 aromatic rings. The number of amides is 2. The van der Waals surface area contributed by atoms with Crippen LogP contribution >= 0.6 is 11.3 Å². The van der Waals surface area contributed by atoms with Gasteiger partial charge in [-0.05, 0) is 37.5 Å². The number of hydrogen-bond acceptors (Lipinski definition) is 5. The molecule has 9 heteroatoms. The number of carbonyl (C=O) groups excluding carboxylic acids is 2. The van der Waals surface area contributed by atoms with Gasteiger partial charge in [0.1, 0.15) is 16.5 Å². The summed E-state index contributed by atoms with van der Waals surface area (Å²) in [5.74, 6) is -0.662. The zero-order valence-electron chi connectivity index (χ0n) is 17.2. The van der Waals surface area contributed by atoms with E-state index in [4.69, 9.17) is 0 Å². The highest BCUT2D eigenvalue weighted by Crippen LogP contribution is 2.28. The van der Waals surface area contributed by atoms with Crippen molar-refractivity contribution in [3.05, 3.63) is 62.3 Å². The minimum absolute atomic E-state index is 0.0412. The van der Waals surface area contributed by atoms with Crippen molar-refractivity contribution in [1.29, 1.82) is 0 Å². The Labute approximate surface area is 182 Å². The highest BCUT2D eigenvalue weighted by Gasteiger charge is 2.22. The van der Waals surface area contributed by atoms with Crippen LogP contribution in [0.2, 0.25) is 0 Å². The van der Waals surface area contributed by atoms with Crippen LogP contribution in [0.5, 0.6) is 0 Å². The van der Waals surface area contributed by atoms with Gasteiger partial charge in [-0.15, -0.1) is 11.3 Å². The molecule has 4 rings (SSSR count). The summed E-state index contributed by atoms with van der Waals surface area (Å²) >= 11 is 1.22. The number of aryl methyl sites for hydroxylation is 2. The number of nitrogens with zero attached hydrogens (tertiary/aromatic N) is 2. The Balaban J connectivity index is 1.44. The first-order valence-corrected chi connectivity index (χ1v) is 11.1. The molecule has 31 heavy (non-hydrogen) atoms. The minimum atomic E-state index is -0.595. The Morgan fingerprint density at radius 2 is 1.87 bits per heavy atom. The number of halogens is 1. The Morgan fingerprint density at radius 1 is 1.13 bits per heavy atom. The molecule has 0 fully saturated rings. The summed E-state index contributed by atoms with van der Waals surface area (Å²) in [5.41, 5.74) is 0.511. The minimum Gasteiger partial charge on any atom is -0.350 e. The van der Waals surface area contributed by atoms with E-state index in [0.29, 0.717) is 27.2 Å². The third-order valence-corrected chi connectivity index (χ3v) is 6.62. The molecule has 1 aliphatic rings. The van der Waals surface area contributed by atoms with Crippen LogP contribution in [-0.4, -0.2) is 34.5 Å². The van der Waals surface area contributed by atoms with Crippen molar-refractivity contribution >= 4 is 33.4 Å². The second-order valence-corrected chi connectivity index (χ2v) is 8.52. The number of benzene rings is 1. The monoisotopic (exact) mass is 442 g/mol. The van der Waals surface area contributed by atoms with Crippen LogP contribution in [0.1, 0.15) is 50.7 Å². The van der Waals surface area contributed by atoms with Crippen LogP contribution in [0.4, 0.5) is 4.39 Å². The fourth-order valence-electron chi connectivity index (χ4n) is 3.80. The predicted octanol–water partition coefficient (Wildman–Crippen LogP) is 2.79. The summed E-state index contributed by atoms with van der Waals surface area (Å²) in [5, 5.41) is 5.84. The van der Waals surface area contributed by atoms with E-state index in [0.717, 1.165) is 31.5 Å². The van der Waals surface area contributed by atoms with Crippen LogP contribution < -0.4 is 16.2 Å². The average molecular weight is 443 g/mol. The summed E-state index contributed by atoms with van der Waals surface area (Å²) in [6.45, 7) is 2.75. The molecule has 0 radical (unpaired) electrons. The average Bonchev–Trinajstić information content (AvgIpc) is 2.92. The molecule has 2 N–H and O–H groups in total. The van der Waals surface area contributed by atoms with Crippen LogP contribution in [0.25, 0.3) is 10.2 Å². The molecule has 2 amide bonds. The Hall–Kier alpha value is -3.07. The molecule has 0 aliphatic carbocycles. The fourth-order valence-corrected chi connectivity index (χ4v) is 4.91. The van der Waals surface area contributed by atoms with E-state index in [1.54, 1.807) is 17.6 Å². The molecular formula is C22H23FN4O3S. The van der Waals surface area contributed by atoms with Crippen LogP contribution in [-0.2, 0) is 13.0 Å². The molecule has 2 aromatic heterocycles. The summed E-state index contributed by atoms with van der Waals surface area (Å²) in [6, 6.07) is 5.71. The van der Waals surface area contributed by atoms with Gasteiger partial charge in [-0.2, -0.15) is 0 Å². The molecule has 0 bridgehead atoms. The maximum Gasteiger partial charge on any atom is 0.262 e. The largest absolute Gasteiger partial charge is 0.350 e.